The summed E-state index contributed by atoms with van der Waals surface area (Å²) in [4.78, 5) is 17.9. The van der Waals surface area contributed by atoms with Gasteiger partial charge in [0.15, 0.2) is 17.4 Å². The van der Waals surface area contributed by atoms with Gasteiger partial charge in [0.25, 0.3) is 5.56 Å². The topological polar surface area (TPSA) is 152 Å². The van der Waals surface area contributed by atoms with Gasteiger partial charge in [-0.2, -0.15) is 9.67 Å². The van der Waals surface area contributed by atoms with E-state index in [-0.39, 0.29) is 30.1 Å². The summed E-state index contributed by atoms with van der Waals surface area (Å²) in [6.07, 6.45) is -1.93. The van der Waals surface area contributed by atoms with Gasteiger partial charge in [-0.3, -0.25) is 9.78 Å². The highest BCUT2D eigenvalue weighted by molar-refractivity contribution is 5.69. The number of aliphatic hydroxyl groups excluding tert-OH is 2. The summed E-state index contributed by atoms with van der Waals surface area (Å²) in [5.74, 6) is -0.0571. The van der Waals surface area contributed by atoms with Crippen molar-refractivity contribution in [2.24, 2.45) is 0 Å². The lowest BCUT2D eigenvalue weighted by Gasteiger charge is -2.11. The highest BCUT2D eigenvalue weighted by atomic mass is 16.5. The van der Waals surface area contributed by atoms with E-state index in [2.05, 4.69) is 20.3 Å². The normalized spacial score (nSPS) is 27.2. The molecule has 0 bridgehead atoms. The number of aromatic nitrogens is 5. The van der Waals surface area contributed by atoms with Crippen LogP contribution < -0.4 is 11.3 Å². The van der Waals surface area contributed by atoms with E-state index < -0.39 is 24.0 Å². The van der Waals surface area contributed by atoms with E-state index in [9.17, 15) is 9.90 Å². The average Bonchev–Trinajstić information content (AvgIpc) is 2.92. The van der Waals surface area contributed by atoms with Gasteiger partial charge in [-0.15, -0.1) is 5.10 Å². The Morgan fingerprint density at radius 2 is 2.37 bits per heavy atom. The van der Waals surface area contributed by atoms with Gasteiger partial charge in [-0.1, -0.05) is 5.21 Å². The molecule has 3 rings (SSSR count). The molecule has 3 atom stereocenters. The Labute approximate surface area is 105 Å². The van der Waals surface area contributed by atoms with Crippen LogP contribution in [0.4, 0.5) is 5.95 Å². The maximum atomic E-state index is 11.6. The number of hydrogen-bond donors (Lipinski definition) is 4. The minimum atomic E-state index is -0.811. The van der Waals surface area contributed by atoms with Crippen LogP contribution in [0.15, 0.2) is 4.79 Å². The summed E-state index contributed by atoms with van der Waals surface area (Å²) >= 11 is 0. The zero-order valence-corrected chi connectivity index (χ0v) is 9.72. The molecule has 1 aliphatic heterocycles. The number of rotatable bonds is 2. The highest BCUT2D eigenvalue weighted by Gasteiger charge is 2.36. The fourth-order valence-corrected chi connectivity index (χ4v) is 2.08. The molecule has 0 radical (unpaired) electrons. The monoisotopic (exact) mass is 268 g/mol. The number of nitrogen functional groups attached to an aromatic ring is 1. The van der Waals surface area contributed by atoms with E-state index in [1.807, 2.05) is 0 Å². The fourth-order valence-electron chi connectivity index (χ4n) is 2.08. The van der Waals surface area contributed by atoms with Crippen LogP contribution in [0.2, 0.25) is 0 Å². The smallest absolute Gasteiger partial charge is 0.282 e. The lowest BCUT2D eigenvalue weighted by atomic mass is 10.2. The number of nitrogens with two attached hydrogens (primary N) is 1. The Morgan fingerprint density at radius 3 is 3.05 bits per heavy atom. The molecule has 2 aromatic heterocycles. The van der Waals surface area contributed by atoms with Crippen molar-refractivity contribution >= 4 is 17.1 Å². The second-order valence-electron chi connectivity index (χ2n) is 4.27. The zero-order valence-electron chi connectivity index (χ0n) is 9.72. The zero-order chi connectivity index (χ0) is 13.6. The Hall–Kier alpha value is -2.04. The molecule has 0 unspecified atom stereocenters. The maximum absolute atomic E-state index is 11.6. The molecule has 10 heteroatoms. The largest absolute Gasteiger partial charge is 0.394 e. The lowest BCUT2D eigenvalue weighted by Crippen LogP contribution is -2.24. The van der Waals surface area contributed by atoms with Crippen LogP contribution in [0.1, 0.15) is 12.6 Å². The lowest BCUT2D eigenvalue weighted by molar-refractivity contribution is -0.0476. The summed E-state index contributed by atoms with van der Waals surface area (Å²) in [6.45, 7) is -0.305. The van der Waals surface area contributed by atoms with Crippen molar-refractivity contribution in [2.45, 2.75) is 24.9 Å². The first-order valence-electron chi connectivity index (χ1n) is 5.65. The van der Waals surface area contributed by atoms with Crippen LogP contribution in [-0.4, -0.2) is 54.0 Å². The van der Waals surface area contributed by atoms with Crippen molar-refractivity contribution in [2.75, 3.05) is 12.3 Å². The molecule has 0 aliphatic carbocycles. The molecule has 2 aromatic rings. The fraction of sp³-hybridized carbons (Fsp3) is 0.556. The minimum absolute atomic E-state index is 0.0414. The van der Waals surface area contributed by atoms with Crippen LogP contribution in [-0.2, 0) is 4.74 Å². The second-order valence-corrected chi connectivity index (χ2v) is 4.27. The Balaban J connectivity index is 2.05. The molecule has 5 N–H and O–H groups in total. The minimum Gasteiger partial charge on any atom is -0.394 e. The number of aliphatic hydroxyl groups is 2. The summed E-state index contributed by atoms with van der Waals surface area (Å²) in [6, 6.07) is 0. The molecule has 1 aliphatic rings. The van der Waals surface area contributed by atoms with E-state index in [1.165, 1.54) is 4.68 Å². The van der Waals surface area contributed by atoms with E-state index >= 15 is 0 Å². The number of hydrogen-bond acceptors (Lipinski definition) is 8. The molecule has 10 nitrogen and oxygen atoms in total. The molecular weight excluding hydrogens is 256 g/mol. The van der Waals surface area contributed by atoms with Gasteiger partial charge >= 0.3 is 0 Å². The van der Waals surface area contributed by atoms with Gasteiger partial charge in [0.2, 0.25) is 5.95 Å². The molecule has 102 valence electrons. The molecule has 1 saturated heterocycles. The average molecular weight is 268 g/mol. The quantitative estimate of drug-likeness (QED) is 0.476. The van der Waals surface area contributed by atoms with E-state index in [0.29, 0.717) is 0 Å². The van der Waals surface area contributed by atoms with Gasteiger partial charge in [0.1, 0.15) is 6.10 Å². The van der Waals surface area contributed by atoms with Crippen molar-refractivity contribution < 1.29 is 14.9 Å². The van der Waals surface area contributed by atoms with Crippen molar-refractivity contribution in [1.29, 1.82) is 0 Å². The third-order valence-electron chi connectivity index (χ3n) is 3.01. The number of nitrogens with zero attached hydrogens (tertiary/aromatic N) is 4. The Bertz CT molecular complexity index is 666. The van der Waals surface area contributed by atoms with Crippen LogP contribution in [0.5, 0.6) is 0 Å². The maximum Gasteiger partial charge on any atom is 0.282 e. The molecule has 0 saturated carbocycles. The number of fused-ring (bicyclic) bond motifs is 1. The SMILES string of the molecule is Nc1nc2c(nnn2[C@H]2C[C@@H](O)[C@@H](CO)O2)c(=O)[nH]1. The number of anilines is 1. The molecule has 0 aromatic carbocycles. The Morgan fingerprint density at radius 1 is 1.58 bits per heavy atom. The van der Waals surface area contributed by atoms with Crippen molar-refractivity contribution in [1.82, 2.24) is 25.0 Å². The van der Waals surface area contributed by atoms with Crippen molar-refractivity contribution in [3.8, 4) is 0 Å². The molecule has 0 spiro atoms. The van der Waals surface area contributed by atoms with Crippen molar-refractivity contribution in [3.63, 3.8) is 0 Å². The summed E-state index contributed by atoms with van der Waals surface area (Å²) < 4.78 is 6.70. The van der Waals surface area contributed by atoms with Gasteiger partial charge in [-0.05, 0) is 0 Å². The van der Waals surface area contributed by atoms with E-state index in [1.54, 1.807) is 0 Å². The van der Waals surface area contributed by atoms with Gasteiger partial charge in [0.05, 0.1) is 12.7 Å². The standard InChI is InChI=1S/C9H12N6O4/c10-9-11-7-6(8(18)12-9)13-14-15(7)5-1-3(17)4(2-16)19-5/h3-5,16-17H,1-2H2,(H3,10,11,12,18)/t3-,4-,5-/m1/s1. The number of nitrogens with one attached hydrogen (secondary N) is 1. The molecule has 3 heterocycles. The highest BCUT2D eigenvalue weighted by Crippen LogP contribution is 2.29. The van der Waals surface area contributed by atoms with Crippen LogP contribution in [0.3, 0.4) is 0 Å². The number of H-pyrrole nitrogens is 1. The first-order chi connectivity index (χ1) is 9.10. The molecule has 0 amide bonds. The molecular formula is C9H12N6O4. The molecule has 19 heavy (non-hydrogen) atoms. The summed E-state index contributed by atoms with van der Waals surface area (Å²) in [5, 5.41) is 26.2. The van der Waals surface area contributed by atoms with Gasteiger partial charge in [0, 0.05) is 6.42 Å². The van der Waals surface area contributed by atoms with Crippen molar-refractivity contribution in [3.05, 3.63) is 10.4 Å². The van der Waals surface area contributed by atoms with Gasteiger partial charge in [-0.25, -0.2) is 0 Å². The predicted octanol–water partition coefficient (Wildman–Crippen LogP) is -2.26. The number of aromatic amines is 1. The van der Waals surface area contributed by atoms with Gasteiger partial charge < -0.3 is 20.7 Å². The first kappa shape index (κ1) is 12.0. The second kappa shape index (κ2) is 4.26. The third kappa shape index (κ3) is 1.85. The summed E-state index contributed by atoms with van der Waals surface area (Å²) in [7, 11) is 0. The van der Waals surface area contributed by atoms with Crippen LogP contribution in [0.25, 0.3) is 11.2 Å². The first-order valence-corrected chi connectivity index (χ1v) is 5.65. The van der Waals surface area contributed by atoms with E-state index in [4.69, 9.17) is 15.6 Å². The third-order valence-corrected chi connectivity index (χ3v) is 3.01. The molecule has 1 fully saturated rings. The van der Waals surface area contributed by atoms with Crippen LogP contribution >= 0.6 is 0 Å². The van der Waals surface area contributed by atoms with Crippen LogP contribution in [0, 0.1) is 0 Å². The van der Waals surface area contributed by atoms with E-state index in [0.717, 1.165) is 0 Å². The Kier molecular flexibility index (Phi) is 2.69. The summed E-state index contributed by atoms with van der Waals surface area (Å²) in [5.41, 5.74) is 5.19. The predicted molar refractivity (Wildman–Crippen MR) is 62.0 cm³/mol. The number of ether oxygens (including phenoxy) is 1.